The number of ketones is 2. The molecule has 0 spiro atoms. The Kier molecular flexibility index (Phi) is 6.34. The highest BCUT2D eigenvalue weighted by atomic mass is 79.9. The maximum Gasteiger partial charge on any atom is 0.234 e. The van der Waals surface area contributed by atoms with Gasteiger partial charge < -0.3 is 5.11 Å². The molecule has 1 saturated heterocycles. The number of carbonyl (C=O) groups is 4. The van der Waals surface area contributed by atoms with Crippen molar-refractivity contribution in [1.29, 1.82) is 0 Å². The number of Topliss-reactive ketones (excluding diaryl/α,β-unsaturated/α-hetero) is 1. The van der Waals surface area contributed by atoms with E-state index in [-0.39, 0.29) is 46.6 Å². The smallest absolute Gasteiger partial charge is 0.234 e. The number of imide groups is 1. The second-order valence-electron chi connectivity index (χ2n) is 10.5. The summed E-state index contributed by atoms with van der Waals surface area (Å²) in [6.07, 6.45) is 5.93. The molecule has 1 fully saturated rings. The van der Waals surface area contributed by atoms with Gasteiger partial charge in [-0.2, -0.15) is 0 Å². The minimum Gasteiger partial charge on any atom is -0.507 e. The number of nitrogens with zero attached hydrogens (tertiary/aromatic N) is 1. The van der Waals surface area contributed by atoms with Crippen molar-refractivity contribution in [3.63, 3.8) is 0 Å². The van der Waals surface area contributed by atoms with E-state index >= 15 is 0 Å². The highest BCUT2D eigenvalue weighted by Crippen LogP contribution is 2.56. The van der Waals surface area contributed by atoms with Crippen LogP contribution in [0, 0.1) is 17.8 Å². The van der Waals surface area contributed by atoms with Gasteiger partial charge in [0.25, 0.3) is 0 Å². The van der Waals surface area contributed by atoms with Gasteiger partial charge in [-0.15, -0.1) is 6.58 Å². The summed E-state index contributed by atoms with van der Waals surface area (Å²) >= 11 is 3.24. The Morgan fingerprint density at radius 1 is 1.00 bits per heavy atom. The molecule has 6 nitrogen and oxygen atoms in total. The molecule has 0 unspecified atom stereocenters. The van der Waals surface area contributed by atoms with E-state index in [1.807, 2.05) is 42.5 Å². The number of para-hydroxylation sites is 1. The summed E-state index contributed by atoms with van der Waals surface area (Å²) in [5.41, 5.74) is 3.54. The van der Waals surface area contributed by atoms with Gasteiger partial charge in [0.05, 0.1) is 22.9 Å². The molecule has 7 heteroatoms. The summed E-state index contributed by atoms with van der Waals surface area (Å²) in [7, 11) is 0. The molecule has 4 atom stereocenters. The van der Waals surface area contributed by atoms with Crippen LogP contribution in [0.15, 0.2) is 94.5 Å². The maximum atomic E-state index is 13.9. The molecule has 2 aromatic carbocycles. The molecule has 6 rings (SSSR count). The number of phenolic OH excluding ortho intramolecular Hbond substituents is 1. The zero-order chi connectivity index (χ0) is 27.4. The molecular weight excluding hydrogens is 558 g/mol. The zero-order valence-corrected chi connectivity index (χ0v) is 22.7. The number of halogens is 1. The number of aromatic hydroxyl groups is 1. The topological polar surface area (TPSA) is 91.8 Å². The van der Waals surface area contributed by atoms with Gasteiger partial charge in [0.15, 0.2) is 11.6 Å². The fourth-order valence-electron chi connectivity index (χ4n) is 6.71. The van der Waals surface area contributed by atoms with Gasteiger partial charge >= 0.3 is 0 Å². The number of amides is 2. The molecule has 1 N–H and O–H groups in total. The van der Waals surface area contributed by atoms with E-state index in [9.17, 15) is 24.3 Å². The predicted octanol–water partition coefficient (Wildman–Crippen LogP) is 5.08. The number of allylic oxidation sites excluding steroid dienone is 7. The lowest BCUT2D eigenvalue weighted by atomic mass is 9.59. The third-order valence-corrected chi connectivity index (χ3v) is 9.02. The van der Waals surface area contributed by atoms with Gasteiger partial charge in [0.1, 0.15) is 5.75 Å². The molecule has 196 valence electrons. The Hall–Kier alpha value is -3.84. The first-order valence-corrected chi connectivity index (χ1v) is 13.8. The lowest BCUT2D eigenvalue weighted by molar-refractivity contribution is -0.140. The summed E-state index contributed by atoms with van der Waals surface area (Å²) in [5, 5.41) is 11.3. The highest BCUT2D eigenvalue weighted by Gasteiger charge is 2.56. The van der Waals surface area contributed by atoms with Crippen LogP contribution in [0.4, 0.5) is 0 Å². The Labute approximate surface area is 234 Å². The zero-order valence-electron chi connectivity index (χ0n) is 21.1. The average molecular weight is 584 g/mol. The molecule has 2 amide bonds. The van der Waals surface area contributed by atoms with Gasteiger partial charge in [0, 0.05) is 28.7 Å². The molecule has 0 bridgehead atoms. The lowest BCUT2D eigenvalue weighted by Gasteiger charge is -2.42. The quantitative estimate of drug-likeness (QED) is 0.301. The molecular formula is C32H26BrNO5. The van der Waals surface area contributed by atoms with E-state index in [1.165, 1.54) is 11.0 Å². The molecule has 0 aromatic heterocycles. The summed E-state index contributed by atoms with van der Waals surface area (Å²) in [6, 6.07) is 14.8. The molecule has 3 aliphatic carbocycles. The van der Waals surface area contributed by atoms with Gasteiger partial charge in [-0.25, -0.2) is 0 Å². The van der Waals surface area contributed by atoms with Crippen molar-refractivity contribution in [2.75, 3.05) is 0 Å². The van der Waals surface area contributed by atoms with Crippen LogP contribution >= 0.6 is 15.9 Å². The van der Waals surface area contributed by atoms with Crippen molar-refractivity contribution >= 4 is 39.3 Å². The molecule has 1 aliphatic heterocycles. The number of fused-ring (bicyclic) bond motifs is 3. The number of hydrogen-bond acceptors (Lipinski definition) is 5. The molecule has 4 aliphatic rings. The van der Waals surface area contributed by atoms with Crippen molar-refractivity contribution in [2.24, 2.45) is 17.8 Å². The van der Waals surface area contributed by atoms with Crippen molar-refractivity contribution in [3.8, 4) is 5.75 Å². The SMILES string of the molecule is C=CCc1cccc([C@H]2C3=CC[C@@H]4C(=O)N(Cc5ccccc5)C(=O)[C@@H]4[C@@H]3CC3=C2C(=O)C=C(Br)C3=O)c1O. The lowest BCUT2D eigenvalue weighted by Crippen LogP contribution is -2.39. The Balaban J connectivity index is 1.47. The van der Waals surface area contributed by atoms with Gasteiger partial charge in [-0.3, -0.25) is 24.1 Å². The predicted molar refractivity (Wildman–Crippen MR) is 149 cm³/mol. The standard InChI is InChI=1S/C32H26BrNO5/c1-2-7-18-10-6-11-20(29(18)36)26-19-12-13-21-27(22(19)14-23-28(26)25(35)15-24(33)30(23)37)32(39)34(31(21)38)16-17-8-4-3-5-9-17/h2-6,8-12,15,21-22,26-27,36H,1,7,13-14,16H2/t21-,22+,26+,27-/m0/s1. The largest absolute Gasteiger partial charge is 0.507 e. The number of hydrogen-bond donors (Lipinski definition) is 1. The number of carbonyl (C=O) groups excluding carboxylic acids is 4. The van der Waals surface area contributed by atoms with Crippen LogP contribution in [0.1, 0.15) is 35.4 Å². The van der Waals surface area contributed by atoms with E-state index in [4.69, 9.17) is 0 Å². The molecule has 0 radical (unpaired) electrons. The van der Waals surface area contributed by atoms with Crippen molar-refractivity contribution in [3.05, 3.63) is 111 Å². The van der Waals surface area contributed by atoms with Crippen LogP contribution in [0.2, 0.25) is 0 Å². The summed E-state index contributed by atoms with van der Waals surface area (Å²) in [6.45, 7) is 3.97. The summed E-state index contributed by atoms with van der Waals surface area (Å²) < 4.78 is 0.175. The fourth-order valence-corrected chi connectivity index (χ4v) is 7.16. The van der Waals surface area contributed by atoms with E-state index in [0.717, 1.165) is 11.1 Å². The minimum absolute atomic E-state index is 0.0475. The Morgan fingerprint density at radius 2 is 1.77 bits per heavy atom. The molecule has 2 aromatic rings. The third-order valence-electron chi connectivity index (χ3n) is 8.43. The number of benzene rings is 2. The Bertz CT molecular complexity index is 1550. The number of rotatable bonds is 5. The van der Waals surface area contributed by atoms with Gasteiger partial charge in [-0.05, 0) is 52.2 Å². The second-order valence-corrected chi connectivity index (χ2v) is 11.3. The minimum atomic E-state index is -0.691. The maximum absolute atomic E-state index is 13.9. The highest BCUT2D eigenvalue weighted by molar-refractivity contribution is 9.12. The monoisotopic (exact) mass is 583 g/mol. The van der Waals surface area contributed by atoms with E-state index in [1.54, 1.807) is 18.2 Å². The van der Waals surface area contributed by atoms with Crippen molar-refractivity contribution in [1.82, 2.24) is 4.90 Å². The van der Waals surface area contributed by atoms with Crippen LogP contribution in [-0.4, -0.2) is 33.4 Å². The van der Waals surface area contributed by atoms with E-state index < -0.39 is 23.7 Å². The first-order valence-electron chi connectivity index (χ1n) is 13.0. The summed E-state index contributed by atoms with van der Waals surface area (Å²) in [5.74, 6) is -3.29. The second kappa shape index (κ2) is 9.72. The fraction of sp³-hybridized carbons (Fsp3) is 0.250. The van der Waals surface area contributed by atoms with Crippen LogP contribution in [0.3, 0.4) is 0 Å². The first-order chi connectivity index (χ1) is 18.8. The van der Waals surface area contributed by atoms with Crippen LogP contribution < -0.4 is 0 Å². The van der Waals surface area contributed by atoms with Gasteiger partial charge in [0.2, 0.25) is 11.8 Å². The van der Waals surface area contributed by atoms with Gasteiger partial charge in [-0.1, -0.05) is 66.3 Å². The van der Waals surface area contributed by atoms with Crippen LogP contribution in [-0.2, 0) is 32.1 Å². The molecule has 0 saturated carbocycles. The number of likely N-dealkylation sites (tertiary alicyclic amines) is 1. The molecule has 1 heterocycles. The normalized spacial score (nSPS) is 26.1. The third kappa shape index (κ3) is 3.98. The number of phenols is 1. The van der Waals surface area contributed by atoms with Crippen molar-refractivity contribution in [2.45, 2.75) is 31.7 Å². The van der Waals surface area contributed by atoms with Crippen molar-refractivity contribution < 1.29 is 24.3 Å². The Morgan fingerprint density at radius 3 is 2.51 bits per heavy atom. The van der Waals surface area contributed by atoms with E-state index in [2.05, 4.69) is 22.5 Å². The van der Waals surface area contributed by atoms with Crippen LogP contribution in [0.5, 0.6) is 5.75 Å². The molecule has 39 heavy (non-hydrogen) atoms. The summed E-state index contributed by atoms with van der Waals surface area (Å²) in [4.78, 5) is 55.4. The average Bonchev–Trinajstić information content (AvgIpc) is 3.17. The van der Waals surface area contributed by atoms with E-state index in [0.29, 0.717) is 35.1 Å². The first kappa shape index (κ1) is 25.4. The van der Waals surface area contributed by atoms with Crippen LogP contribution in [0.25, 0.3) is 0 Å².